The average Bonchev–Trinajstić information content (AvgIpc) is 2.30. The first-order valence-electron chi connectivity index (χ1n) is 5.30. The lowest BCUT2D eigenvalue weighted by Gasteiger charge is -2.00. The Morgan fingerprint density at radius 3 is 2.89 bits per heavy atom. The fourth-order valence-electron chi connectivity index (χ4n) is 1.26. The van der Waals surface area contributed by atoms with Crippen LogP contribution in [0, 0.1) is 0 Å². The summed E-state index contributed by atoms with van der Waals surface area (Å²) in [6, 6.07) is 1.45. The van der Waals surface area contributed by atoms with Gasteiger partial charge in [0.2, 0.25) is 5.91 Å². The predicted molar refractivity (Wildman–Crippen MR) is 68.5 cm³/mol. The monoisotopic (exact) mass is 268 g/mol. The van der Waals surface area contributed by atoms with Crippen LogP contribution in [0.2, 0.25) is 5.15 Å². The van der Waals surface area contributed by atoms with Crippen LogP contribution in [-0.4, -0.2) is 28.5 Å². The summed E-state index contributed by atoms with van der Waals surface area (Å²) in [7, 11) is 0. The molecule has 1 rings (SSSR count). The zero-order valence-corrected chi connectivity index (χ0v) is 10.6. The van der Waals surface area contributed by atoms with Crippen molar-refractivity contribution >= 4 is 29.6 Å². The largest absolute Gasteiger partial charge is 0.478 e. The number of pyridine rings is 1. The number of hydrogen-bond acceptors (Lipinski definition) is 3. The summed E-state index contributed by atoms with van der Waals surface area (Å²) >= 11 is 5.65. The van der Waals surface area contributed by atoms with Crippen molar-refractivity contribution in [2.24, 2.45) is 0 Å². The number of carbonyl (C=O) groups is 2. The minimum Gasteiger partial charge on any atom is -0.478 e. The quantitative estimate of drug-likeness (QED) is 0.632. The standard InChI is InChI=1S/C12H13ClN2O3/c1-8(16)14-5-3-2-4-9-6-10(12(17)18)11(13)15-7-9/h2,4,6-7H,3,5H2,1H3,(H,14,16)(H,17,18). The van der Waals surface area contributed by atoms with Crippen molar-refractivity contribution in [3.63, 3.8) is 0 Å². The maximum absolute atomic E-state index is 10.8. The van der Waals surface area contributed by atoms with E-state index in [0.717, 1.165) is 0 Å². The SMILES string of the molecule is CC(=O)NCCC=Cc1cnc(Cl)c(C(=O)O)c1. The van der Waals surface area contributed by atoms with Gasteiger partial charge in [-0.25, -0.2) is 9.78 Å². The Hall–Kier alpha value is -1.88. The Morgan fingerprint density at radius 2 is 2.28 bits per heavy atom. The third-order valence-electron chi connectivity index (χ3n) is 2.09. The highest BCUT2D eigenvalue weighted by molar-refractivity contribution is 6.32. The van der Waals surface area contributed by atoms with Gasteiger partial charge in [-0.2, -0.15) is 0 Å². The maximum Gasteiger partial charge on any atom is 0.338 e. The van der Waals surface area contributed by atoms with Gasteiger partial charge in [-0.05, 0) is 18.1 Å². The van der Waals surface area contributed by atoms with Gasteiger partial charge in [0, 0.05) is 19.7 Å². The molecule has 0 saturated heterocycles. The van der Waals surface area contributed by atoms with E-state index in [1.807, 2.05) is 6.08 Å². The molecule has 0 aliphatic heterocycles. The van der Waals surface area contributed by atoms with Crippen LogP contribution >= 0.6 is 11.6 Å². The minimum absolute atomic E-state index is 0.0272. The Labute approximate surface area is 109 Å². The number of rotatable bonds is 5. The minimum atomic E-state index is -1.11. The third kappa shape index (κ3) is 4.55. The molecule has 2 N–H and O–H groups in total. The van der Waals surface area contributed by atoms with E-state index in [2.05, 4.69) is 10.3 Å². The van der Waals surface area contributed by atoms with E-state index in [1.54, 1.807) is 6.08 Å². The van der Waals surface area contributed by atoms with Crippen molar-refractivity contribution in [1.82, 2.24) is 10.3 Å². The fourth-order valence-corrected chi connectivity index (χ4v) is 1.44. The summed E-state index contributed by atoms with van der Waals surface area (Å²) in [5.41, 5.74) is 0.625. The maximum atomic E-state index is 10.8. The van der Waals surface area contributed by atoms with Crippen LogP contribution in [0.15, 0.2) is 18.3 Å². The van der Waals surface area contributed by atoms with Crippen LogP contribution in [0.5, 0.6) is 0 Å². The molecule has 0 saturated carbocycles. The number of aromatic carboxylic acids is 1. The van der Waals surface area contributed by atoms with Crippen molar-refractivity contribution in [2.75, 3.05) is 6.54 Å². The smallest absolute Gasteiger partial charge is 0.338 e. The molecule has 0 fully saturated rings. The predicted octanol–water partition coefficient (Wildman–Crippen LogP) is 1.97. The van der Waals surface area contributed by atoms with Gasteiger partial charge in [-0.15, -0.1) is 0 Å². The second-order valence-electron chi connectivity index (χ2n) is 3.59. The van der Waals surface area contributed by atoms with E-state index in [1.165, 1.54) is 19.2 Å². The Bertz CT molecular complexity index is 486. The summed E-state index contributed by atoms with van der Waals surface area (Å²) < 4.78 is 0. The molecule has 96 valence electrons. The molecule has 0 radical (unpaired) electrons. The molecule has 1 aromatic heterocycles. The highest BCUT2D eigenvalue weighted by Crippen LogP contribution is 2.15. The van der Waals surface area contributed by atoms with Gasteiger partial charge in [0.1, 0.15) is 5.15 Å². The van der Waals surface area contributed by atoms with Gasteiger partial charge in [0.15, 0.2) is 0 Å². The number of carbonyl (C=O) groups excluding carboxylic acids is 1. The van der Waals surface area contributed by atoms with E-state index in [4.69, 9.17) is 16.7 Å². The molecule has 1 heterocycles. The molecular formula is C12H13ClN2O3. The molecule has 0 spiro atoms. The molecule has 0 bridgehead atoms. The lowest BCUT2D eigenvalue weighted by atomic mass is 10.2. The first-order chi connectivity index (χ1) is 8.50. The summed E-state index contributed by atoms with van der Waals surface area (Å²) in [6.45, 7) is 1.99. The van der Waals surface area contributed by atoms with Crippen LogP contribution in [0.3, 0.4) is 0 Å². The molecule has 1 amide bonds. The molecule has 0 atom stereocenters. The van der Waals surface area contributed by atoms with Crippen molar-refractivity contribution in [2.45, 2.75) is 13.3 Å². The Morgan fingerprint density at radius 1 is 1.56 bits per heavy atom. The van der Waals surface area contributed by atoms with Gasteiger partial charge in [-0.1, -0.05) is 23.8 Å². The van der Waals surface area contributed by atoms with Crippen LogP contribution < -0.4 is 5.32 Å². The number of aromatic nitrogens is 1. The summed E-state index contributed by atoms with van der Waals surface area (Å²) in [5.74, 6) is -1.19. The van der Waals surface area contributed by atoms with E-state index in [0.29, 0.717) is 18.5 Å². The number of amides is 1. The van der Waals surface area contributed by atoms with Crippen molar-refractivity contribution < 1.29 is 14.7 Å². The third-order valence-corrected chi connectivity index (χ3v) is 2.39. The van der Waals surface area contributed by atoms with E-state index in [9.17, 15) is 9.59 Å². The number of halogens is 1. The van der Waals surface area contributed by atoms with Crippen LogP contribution in [0.1, 0.15) is 29.3 Å². The number of nitrogens with zero attached hydrogens (tertiary/aromatic N) is 1. The van der Waals surface area contributed by atoms with Crippen molar-refractivity contribution in [1.29, 1.82) is 0 Å². The highest BCUT2D eigenvalue weighted by Gasteiger charge is 2.09. The van der Waals surface area contributed by atoms with Crippen molar-refractivity contribution in [3.05, 3.63) is 34.6 Å². The van der Waals surface area contributed by atoms with Crippen LogP contribution in [0.4, 0.5) is 0 Å². The van der Waals surface area contributed by atoms with Gasteiger partial charge in [-0.3, -0.25) is 4.79 Å². The second-order valence-corrected chi connectivity index (χ2v) is 3.94. The molecule has 5 nitrogen and oxygen atoms in total. The first-order valence-corrected chi connectivity index (χ1v) is 5.68. The molecule has 1 aromatic rings. The second kappa shape index (κ2) is 6.76. The zero-order chi connectivity index (χ0) is 13.5. The summed E-state index contributed by atoms with van der Waals surface area (Å²) in [5, 5.41) is 11.5. The Balaban J connectivity index is 2.62. The zero-order valence-electron chi connectivity index (χ0n) is 9.81. The lowest BCUT2D eigenvalue weighted by Crippen LogP contribution is -2.20. The average molecular weight is 269 g/mol. The topological polar surface area (TPSA) is 79.3 Å². The molecule has 0 aromatic carbocycles. The van der Waals surface area contributed by atoms with Crippen LogP contribution in [-0.2, 0) is 4.79 Å². The molecule has 0 aliphatic carbocycles. The number of nitrogens with one attached hydrogen (secondary N) is 1. The van der Waals surface area contributed by atoms with E-state index >= 15 is 0 Å². The number of hydrogen-bond donors (Lipinski definition) is 2. The number of carboxylic acid groups (broad SMARTS) is 1. The van der Waals surface area contributed by atoms with E-state index < -0.39 is 5.97 Å². The van der Waals surface area contributed by atoms with Gasteiger partial charge in [0.05, 0.1) is 5.56 Å². The van der Waals surface area contributed by atoms with Crippen molar-refractivity contribution in [3.8, 4) is 0 Å². The van der Waals surface area contributed by atoms with E-state index in [-0.39, 0.29) is 16.6 Å². The van der Waals surface area contributed by atoms with Gasteiger partial charge >= 0.3 is 5.97 Å². The molecular weight excluding hydrogens is 256 g/mol. The molecule has 0 unspecified atom stereocenters. The normalized spacial score (nSPS) is 10.6. The molecule has 18 heavy (non-hydrogen) atoms. The molecule has 0 aliphatic rings. The lowest BCUT2D eigenvalue weighted by molar-refractivity contribution is -0.118. The fraction of sp³-hybridized carbons (Fsp3) is 0.250. The summed E-state index contributed by atoms with van der Waals surface area (Å²) in [6.07, 6.45) is 5.71. The Kier molecular flexibility index (Phi) is 5.32. The van der Waals surface area contributed by atoms with Crippen LogP contribution in [0.25, 0.3) is 6.08 Å². The summed E-state index contributed by atoms with van der Waals surface area (Å²) in [4.78, 5) is 25.2. The number of carboxylic acids is 1. The molecule has 6 heteroatoms. The van der Waals surface area contributed by atoms with Gasteiger partial charge in [0.25, 0.3) is 0 Å². The highest BCUT2D eigenvalue weighted by atomic mass is 35.5. The first kappa shape index (κ1) is 14.2. The van der Waals surface area contributed by atoms with Gasteiger partial charge < -0.3 is 10.4 Å².